The third-order valence-electron chi connectivity index (χ3n) is 3.52. The van der Waals surface area contributed by atoms with Gasteiger partial charge in [0.15, 0.2) is 5.78 Å². The molecule has 0 fully saturated rings. The number of esters is 1. The summed E-state index contributed by atoms with van der Waals surface area (Å²) in [6, 6.07) is 3.37. The molecule has 1 N–H and O–H groups in total. The van der Waals surface area contributed by atoms with Crippen molar-refractivity contribution < 1.29 is 19.4 Å². The van der Waals surface area contributed by atoms with E-state index in [1.54, 1.807) is 12.1 Å². The van der Waals surface area contributed by atoms with Crippen LogP contribution in [0.1, 0.15) is 52.0 Å². The lowest BCUT2D eigenvalue weighted by molar-refractivity contribution is -0.0550. The second-order valence-electron chi connectivity index (χ2n) is 5.13. The standard InChI is InChI=1S/C14H12O4/c1-14(2)6-5-9(15)11-8(14)4-3-7-10(11)13(17)18-12(7)16/h3-6,13,17H,1-2H3/t13-/m1/s1. The van der Waals surface area contributed by atoms with Crippen LogP contribution in [0.15, 0.2) is 24.3 Å². The van der Waals surface area contributed by atoms with Crippen LogP contribution in [0.25, 0.3) is 0 Å². The van der Waals surface area contributed by atoms with Crippen LogP contribution in [-0.2, 0) is 10.2 Å². The lowest BCUT2D eigenvalue weighted by atomic mass is 9.74. The van der Waals surface area contributed by atoms with Crippen molar-refractivity contribution in [2.45, 2.75) is 25.6 Å². The van der Waals surface area contributed by atoms with Crippen molar-refractivity contribution in [2.24, 2.45) is 0 Å². The lowest BCUT2D eigenvalue weighted by Gasteiger charge is -2.28. The van der Waals surface area contributed by atoms with E-state index in [4.69, 9.17) is 4.74 Å². The molecule has 92 valence electrons. The molecule has 0 spiro atoms. The highest BCUT2D eigenvalue weighted by Crippen LogP contribution is 2.40. The number of carbonyl (C=O) groups excluding carboxylic acids is 2. The Hall–Kier alpha value is -1.94. The highest BCUT2D eigenvalue weighted by atomic mass is 16.6. The third-order valence-corrected chi connectivity index (χ3v) is 3.52. The van der Waals surface area contributed by atoms with Crippen LogP contribution in [0.5, 0.6) is 0 Å². The summed E-state index contributed by atoms with van der Waals surface area (Å²) in [5.41, 5.74) is 1.49. The first kappa shape index (κ1) is 11.2. The largest absolute Gasteiger partial charge is 0.428 e. The summed E-state index contributed by atoms with van der Waals surface area (Å²) < 4.78 is 4.75. The van der Waals surface area contributed by atoms with E-state index >= 15 is 0 Å². The number of aliphatic hydroxyl groups excluding tert-OH is 1. The van der Waals surface area contributed by atoms with E-state index in [2.05, 4.69) is 0 Å². The van der Waals surface area contributed by atoms with E-state index in [9.17, 15) is 14.7 Å². The Labute approximate surface area is 104 Å². The van der Waals surface area contributed by atoms with Gasteiger partial charge < -0.3 is 9.84 Å². The molecule has 1 heterocycles. The number of hydrogen-bond acceptors (Lipinski definition) is 4. The molecule has 0 amide bonds. The summed E-state index contributed by atoms with van der Waals surface area (Å²) in [6.07, 6.45) is 1.97. The van der Waals surface area contributed by atoms with Gasteiger partial charge in [-0.3, -0.25) is 4.79 Å². The number of carbonyl (C=O) groups is 2. The molecule has 1 aliphatic heterocycles. The Morgan fingerprint density at radius 3 is 2.72 bits per heavy atom. The molecule has 1 aliphatic carbocycles. The van der Waals surface area contributed by atoms with E-state index in [1.165, 1.54) is 6.08 Å². The number of ketones is 1. The number of hydrogen-bond donors (Lipinski definition) is 1. The van der Waals surface area contributed by atoms with Gasteiger partial charge >= 0.3 is 5.97 Å². The van der Waals surface area contributed by atoms with Crippen LogP contribution in [0.2, 0.25) is 0 Å². The average Bonchev–Trinajstić information content (AvgIpc) is 2.60. The second kappa shape index (κ2) is 3.29. The Balaban J connectivity index is 2.36. The topological polar surface area (TPSA) is 63.6 Å². The van der Waals surface area contributed by atoms with E-state index in [-0.39, 0.29) is 16.8 Å². The molecule has 2 aliphatic rings. The maximum atomic E-state index is 12.0. The molecule has 1 aromatic carbocycles. The number of allylic oxidation sites excluding steroid dienone is 2. The van der Waals surface area contributed by atoms with E-state index < -0.39 is 12.3 Å². The van der Waals surface area contributed by atoms with Crippen LogP contribution in [0, 0.1) is 0 Å². The summed E-state index contributed by atoms with van der Waals surface area (Å²) in [7, 11) is 0. The fraction of sp³-hybridized carbons (Fsp3) is 0.286. The summed E-state index contributed by atoms with van der Waals surface area (Å²) in [5, 5.41) is 9.78. The van der Waals surface area contributed by atoms with Crippen LogP contribution in [0.3, 0.4) is 0 Å². The minimum atomic E-state index is -1.34. The summed E-state index contributed by atoms with van der Waals surface area (Å²) in [4.78, 5) is 23.5. The number of ether oxygens (including phenoxy) is 1. The van der Waals surface area contributed by atoms with Crippen LogP contribution >= 0.6 is 0 Å². The van der Waals surface area contributed by atoms with E-state index in [0.717, 1.165) is 5.56 Å². The Kier molecular flexibility index (Phi) is 2.04. The molecule has 1 aromatic rings. The molecule has 0 radical (unpaired) electrons. The molecule has 0 aromatic heterocycles. The van der Waals surface area contributed by atoms with Gasteiger partial charge in [-0.05, 0) is 17.7 Å². The first-order chi connectivity index (χ1) is 8.42. The van der Waals surface area contributed by atoms with Gasteiger partial charge in [0.2, 0.25) is 6.29 Å². The van der Waals surface area contributed by atoms with E-state index in [0.29, 0.717) is 11.1 Å². The van der Waals surface area contributed by atoms with Crippen molar-refractivity contribution in [1.82, 2.24) is 0 Å². The van der Waals surface area contributed by atoms with Crippen molar-refractivity contribution in [3.8, 4) is 0 Å². The predicted octanol–water partition coefficient (Wildman–Crippen LogP) is 1.88. The predicted molar refractivity (Wildman–Crippen MR) is 63.3 cm³/mol. The van der Waals surface area contributed by atoms with Crippen molar-refractivity contribution >= 4 is 11.8 Å². The first-order valence-corrected chi connectivity index (χ1v) is 5.72. The maximum absolute atomic E-state index is 12.0. The van der Waals surface area contributed by atoms with Crippen LogP contribution < -0.4 is 0 Å². The number of cyclic esters (lactones) is 1. The van der Waals surface area contributed by atoms with Gasteiger partial charge in [-0.25, -0.2) is 4.79 Å². The van der Waals surface area contributed by atoms with Gasteiger partial charge in [-0.2, -0.15) is 0 Å². The van der Waals surface area contributed by atoms with Gasteiger partial charge in [0.05, 0.1) is 5.56 Å². The zero-order chi connectivity index (χ0) is 13.1. The lowest BCUT2D eigenvalue weighted by Crippen LogP contribution is -2.24. The number of benzene rings is 1. The smallest absolute Gasteiger partial charge is 0.341 e. The Morgan fingerprint density at radius 2 is 2.00 bits per heavy atom. The van der Waals surface area contributed by atoms with Crippen LogP contribution in [-0.4, -0.2) is 16.9 Å². The van der Waals surface area contributed by atoms with Gasteiger partial charge in [0, 0.05) is 16.5 Å². The number of rotatable bonds is 0. The molecular formula is C14H12O4. The summed E-state index contributed by atoms with van der Waals surface area (Å²) >= 11 is 0. The highest BCUT2D eigenvalue weighted by Gasteiger charge is 2.38. The summed E-state index contributed by atoms with van der Waals surface area (Å²) in [6.45, 7) is 3.95. The van der Waals surface area contributed by atoms with Gasteiger partial charge in [0.1, 0.15) is 0 Å². The monoisotopic (exact) mass is 244 g/mol. The fourth-order valence-corrected chi connectivity index (χ4v) is 2.54. The van der Waals surface area contributed by atoms with Gasteiger partial charge in [-0.1, -0.05) is 26.0 Å². The quantitative estimate of drug-likeness (QED) is 0.708. The van der Waals surface area contributed by atoms with Gasteiger partial charge in [-0.15, -0.1) is 0 Å². The summed E-state index contributed by atoms with van der Waals surface area (Å²) in [5.74, 6) is -0.779. The minimum Gasteiger partial charge on any atom is -0.428 e. The highest BCUT2D eigenvalue weighted by molar-refractivity contribution is 6.11. The van der Waals surface area contributed by atoms with E-state index in [1.807, 2.05) is 19.9 Å². The van der Waals surface area contributed by atoms with Crippen molar-refractivity contribution in [2.75, 3.05) is 0 Å². The third kappa shape index (κ3) is 1.29. The van der Waals surface area contributed by atoms with Crippen molar-refractivity contribution in [1.29, 1.82) is 0 Å². The molecule has 18 heavy (non-hydrogen) atoms. The molecule has 0 unspecified atom stereocenters. The molecule has 1 atom stereocenters. The average molecular weight is 244 g/mol. The molecule has 0 saturated carbocycles. The zero-order valence-corrected chi connectivity index (χ0v) is 10.1. The Morgan fingerprint density at radius 1 is 1.28 bits per heavy atom. The normalized spacial score (nSPS) is 23.6. The fourth-order valence-electron chi connectivity index (χ4n) is 2.54. The molecule has 0 saturated heterocycles. The number of aliphatic hydroxyl groups is 1. The molecule has 4 nitrogen and oxygen atoms in total. The molecule has 4 heteroatoms. The SMILES string of the molecule is CC1(C)C=CC(=O)c2c1ccc1c2[C@H](O)OC1=O. The maximum Gasteiger partial charge on any atom is 0.341 e. The van der Waals surface area contributed by atoms with Crippen molar-refractivity contribution in [3.63, 3.8) is 0 Å². The molecule has 0 bridgehead atoms. The van der Waals surface area contributed by atoms with Crippen molar-refractivity contribution in [3.05, 3.63) is 46.5 Å². The second-order valence-corrected chi connectivity index (χ2v) is 5.13. The first-order valence-electron chi connectivity index (χ1n) is 5.72. The molecule has 3 rings (SSSR count). The van der Waals surface area contributed by atoms with Crippen LogP contribution in [0.4, 0.5) is 0 Å². The minimum absolute atomic E-state index is 0.196. The number of fused-ring (bicyclic) bond motifs is 3. The van der Waals surface area contributed by atoms with Gasteiger partial charge in [0.25, 0.3) is 0 Å². The Bertz CT molecular complexity index is 610. The zero-order valence-electron chi connectivity index (χ0n) is 10.1. The molecular weight excluding hydrogens is 232 g/mol.